The molecule has 0 radical (unpaired) electrons. The lowest BCUT2D eigenvalue weighted by atomic mass is 10.2. The maximum Gasteiger partial charge on any atom is 0.381 e. The molecule has 3 nitrogen and oxygen atoms in total. The molecule has 0 atom stereocenters. The van der Waals surface area contributed by atoms with Gasteiger partial charge < -0.3 is 0 Å². The van der Waals surface area contributed by atoms with Crippen molar-refractivity contribution in [3.05, 3.63) is 42.5 Å². The average Bonchev–Trinajstić information content (AvgIpc) is 2.27. The fourth-order valence-electron chi connectivity index (χ4n) is 1.02. The Balaban J connectivity index is 2.38. The molecule has 0 aliphatic carbocycles. The van der Waals surface area contributed by atoms with Crippen LogP contribution < -0.4 is 4.89 Å². The molecule has 0 aromatic heterocycles. The molecule has 3 heteroatoms. The second-order valence-corrected chi connectivity index (χ2v) is 3.12. The van der Waals surface area contributed by atoms with E-state index in [1.807, 2.05) is 13.0 Å². The molecule has 0 heterocycles. The first-order valence-corrected chi connectivity index (χ1v) is 4.85. The minimum Gasteiger partial charge on any atom is -0.287 e. The zero-order valence-electron chi connectivity index (χ0n) is 8.73. The van der Waals surface area contributed by atoms with Crippen molar-refractivity contribution in [1.82, 2.24) is 0 Å². The van der Waals surface area contributed by atoms with Crippen molar-refractivity contribution < 1.29 is 14.6 Å². The van der Waals surface area contributed by atoms with Crippen LogP contribution in [0.5, 0.6) is 5.75 Å². The lowest BCUT2D eigenvalue weighted by molar-refractivity contribution is -0.208. The molecule has 15 heavy (non-hydrogen) atoms. The Morgan fingerprint density at radius 1 is 1.33 bits per heavy atom. The van der Waals surface area contributed by atoms with E-state index in [4.69, 9.17) is 4.89 Å². The molecule has 0 saturated carbocycles. The van der Waals surface area contributed by atoms with Crippen molar-refractivity contribution in [1.29, 1.82) is 0 Å². The average molecular weight is 206 g/mol. The monoisotopic (exact) mass is 206 g/mol. The summed E-state index contributed by atoms with van der Waals surface area (Å²) in [5, 5.41) is 0. The van der Waals surface area contributed by atoms with Gasteiger partial charge in [-0.1, -0.05) is 38.1 Å². The molecule has 1 rings (SSSR count). The Morgan fingerprint density at radius 2 is 2.00 bits per heavy atom. The van der Waals surface area contributed by atoms with E-state index in [1.165, 1.54) is 0 Å². The Morgan fingerprint density at radius 3 is 2.60 bits per heavy atom. The molecule has 0 bridgehead atoms. The molecule has 0 aliphatic rings. The van der Waals surface area contributed by atoms with E-state index in [9.17, 15) is 4.79 Å². The molecule has 0 saturated heterocycles. The largest absolute Gasteiger partial charge is 0.381 e. The summed E-state index contributed by atoms with van der Waals surface area (Å²) in [6.07, 6.45) is 1.48. The number of carbonyl (C=O) groups excluding carboxylic acids is 1. The number of benzene rings is 1. The fraction of sp³-hybridized carbons (Fsp3) is 0.250. The van der Waals surface area contributed by atoms with Crippen LogP contribution in [-0.4, -0.2) is 5.97 Å². The summed E-state index contributed by atoms with van der Waals surface area (Å²) in [5.41, 5.74) is 0.424. The van der Waals surface area contributed by atoms with Crippen LogP contribution in [0.1, 0.15) is 19.8 Å². The predicted octanol–water partition coefficient (Wildman–Crippen LogP) is 2.88. The number of carbonyl (C=O) groups is 1. The summed E-state index contributed by atoms with van der Waals surface area (Å²) in [7, 11) is 0. The maximum absolute atomic E-state index is 11.3. The molecule has 0 spiro atoms. The standard InChI is InChI=1S/C12H14O3/c1-3-7-10(2)12(13)15-14-11-8-5-4-6-9-11/h4-6,8-9H,2-3,7H2,1H3. The van der Waals surface area contributed by atoms with Gasteiger partial charge in [0, 0.05) is 5.57 Å². The summed E-state index contributed by atoms with van der Waals surface area (Å²) < 4.78 is 0. The summed E-state index contributed by atoms with van der Waals surface area (Å²) in [5.74, 6) is -0.0177. The van der Waals surface area contributed by atoms with E-state index in [2.05, 4.69) is 11.5 Å². The smallest absolute Gasteiger partial charge is 0.287 e. The van der Waals surface area contributed by atoms with Crippen LogP contribution in [0.4, 0.5) is 0 Å². The van der Waals surface area contributed by atoms with Gasteiger partial charge in [0.2, 0.25) is 0 Å². The Kier molecular flexibility index (Phi) is 4.41. The third kappa shape index (κ3) is 3.85. The van der Waals surface area contributed by atoms with Gasteiger partial charge in [-0.05, 0) is 18.6 Å². The highest BCUT2D eigenvalue weighted by atomic mass is 17.2. The van der Waals surface area contributed by atoms with Crippen molar-refractivity contribution in [2.24, 2.45) is 0 Å². The second kappa shape index (κ2) is 5.86. The lowest BCUT2D eigenvalue weighted by Gasteiger charge is -2.04. The minimum absolute atomic E-state index is 0.424. The van der Waals surface area contributed by atoms with Gasteiger partial charge in [0.25, 0.3) is 0 Å². The molecular formula is C12H14O3. The minimum atomic E-state index is -0.513. The van der Waals surface area contributed by atoms with Crippen LogP contribution in [0.25, 0.3) is 0 Å². The second-order valence-electron chi connectivity index (χ2n) is 3.12. The maximum atomic E-state index is 11.3. The zero-order chi connectivity index (χ0) is 11.1. The molecule has 0 N–H and O–H groups in total. The summed E-state index contributed by atoms with van der Waals surface area (Å²) in [6.45, 7) is 5.57. The van der Waals surface area contributed by atoms with Gasteiger partial charge in [0.1, 0.15) is 0 Å². The van der Waals surface area contributed by atoms with E-state index < -0.39 is 5.97 Å². The summed E-state index contributed by atoms with van der Waals surface area (Å²) in [6, 6.07) is 8.85. The van der Waals surface area contributed by atoms with Gasteiger partial charge in [0.15, 0.2) is 5.75 Å². The predicted molar refractivity (Wildman–Crippen MR) is 57.2 cm³/mol. The van der Waals surface area contributed by atoms with Gasteiger partial charge in [-0.2, -0.15) is 0 Å². The highest BCUT2D eigenvalue weighted by Gasteiger charge is 2.09. The molecule has 0 unspecified atom stereocenters. The van der Waals surface area contributed by atoms with E-state index in [1.54, 1.807) is 24.3 Å². The van der Waals surface area contributed by atoms with Gasteiger partial charge >= 0.3 is 5.97 Å². The molecule has 0 fully saturated rings. The Bertz CT molecular complexity index is 330. The van der Waals surface area contributed by atoms with Crippen molar-refractivity contribution >= 4 is 5.97 Å². The first-order chi connectivity index (χ1) is 7.24. The Labute approximate surface area is 89.2 Å². The third-order valence-corrected chi connectivity index (χ3v) is 1.80. The molecule has 1 aromatic rings. The summed E-state index contributed by atoms with van der Waals surface area (Å²) in [4.78, 5) is 20.7. The zero-order valence-corrected chi connectivity index (χ0v) is 8.73. The topological polar surface area (TPSA) is 35.5 Å². The SMILES string of the molecule is C=C(CCC)C(=O)OOc1ccccc1. The number of para-hydroxylation sites is 1. The van der Waals surface area contributed by atoms with Crippen LogP contribution in [0, 0.1) is 0 Å². The van der Waals surface area contributed by atoms with Crippen LogP contribution in [0.2, 0.25) is 0 Å². The van der Waals surface area contributed by atoms with Crippen LogP contribution in [0.15, 0.2) is 42.5 Å². The van der Waals surface area contributed by atoms with E-state index in [0.29, 0.717) is 17.7 Å². The molecule has 1 aromatic carbocycles. The van der Waals surface area contributed by atoms with Crippen molar-refractivity contribution in [2.75, 3.05) is 0 Å². The number of rotatable bonds is 5. The molecular weight excluding hydrogens is 192 g/mol. The van der Waals surface area contributed by atoms with Crippen LogP contribution >= 0.6 is 0 Å². The lowest BCUT2D eigenvalue weighted by Crippen LogP contribution is -2.09. The molecule has 80 valence electrons. The van der Waals surface area contributed by atoms with Crippen molar-refractivity contribution in [3.8, 4) is 5.75 Å². The van der Waals surface area contributed by atoms with E-state index in [-0.39, 0.29) is 0 Å². The molecule has 0 amide bonds. The third-order valence-electron chi connectivity index (χ3n) is 1.80. The van der Waals surface area contributed by atoms with Gasteiger partial charge in [-0.15, -0.1) is 0 Å². The van der Waals surface area contributed by atoms with Gasteiger partial charge in [0.05, 0.1) is 0 Å². The number of hydrogen-bond donors (Lipinski definition) is 0. The van der Waals surface area contributed by atoms with E-state index >= 15 is 0 Å². The Hall–Kier alpha value is -1.77. The highest BCUT2D eigenvalue weighted by Crippen LogP contribution is 2.10. The first-order valence-electron chi connectivity index (χ1n) is 4.85. The van der Waals surface area contributed by atoms with Gasteiger partial charge in [-0.3, -0.25) is 4.89 Å². The fourth-order valence-corrected chi connectivity index (χ4v) is 1.02. The quantitative estimate of drug-likeness (QED) is 0.422. The van der Waals surface area contributed by atoms with Crippen LogP contribution in [-0.2, 0) is 9.68 Å². The van der Waals surface area contributed by atoms with E-state index in [0.717, 1.165) is 6.42 Å². The van der Waals surface area contributed by atoms with Crippen molar-refractivity contribution in [2.45, 2.75) is 19.8 Å². The van der Waals surface area contributed by atoms with Crippen LogP contribution in [0.3, 0.4) is 0 Å². The normalized spacial score (nSPS) is 9.40. The highest BCUT2D eigenvalue weighted by molar-refractivity contribution is 5.87. The molecule has 0 aliphatic heterocycles. The number of hydrogen-bond acceptors (Lipinski definition) is 3. The first kappa shape index (κ1) is 11.3. The van der Waals surface area contributed by atoms with Gasteiger partial charge in [-0.25, -0.2) is 9.68 Å². The van der Waals surface area contributed by atoms with Crippen molar-refractivity contribution in [3.63, 3.8) is 0 Å². The summed E-state index contributed by atoms with van der Waals surface area (Å²) >= 11 is 0.